The number of nitrogens with zero attached hydrogens (tertiary/aromatic N) is 4. The number of nitrogen functional groups attached to an aromatic ring is 1. The van der Waals surface area contributed by atoms with E-state index in [1.807, 2.05) is 4.90 Å². The van der Waals surface area contributed by atoms with Crippen LogP contribution >= 0.6 is 11.6 Å². The first-order chi connectivity index (χ1) is 15.2. The number of benzene rings is 1. The van der Waals surface area contributed by atoms with Gasteiger partial charge < -0.3 is 15.4 Å². The Balaban J connectivity index is 1.89. The Labute approximate surface area is 192 Å². The minimum absolute atomic E-state index is 0.227. The lowest BCUT2D eigenvalue weighted by Crippen LogP contribution is -2.38. The summed E-state index contributed by atoms with van der Waals surface area (Å²) in [5.41, 5.74) is 7.13. The minimum atomic E-state index is -3.76. The predicted octanol–water partition coefficient (Wildman–Crippen LogP) is 3.32. The molecular formula is C22H24ClN5O3S. The lowest BCUT2D eigenvalue weighted by molar-refractivity contribution is 0.122. The van der Waals surface area contributed by atoms with E-state index in [0.29, 0.717) is 54.2 Å². The third-order valence-corrected chi connectivity index (χ3v) is 8.26. The maximum Gasteiger partial charge on any atom is 0.226 e. The highest BCUT2D eigenvalue weighted by Crippen LogP contribution is 2.37. The molecule has 0 bridgehead atoms. The van der Waals surface area contributed by atoms with Crippen LogP contribution in [0.2, 0.25) is 5.02 Å². The summed E-state index contributed by atoms with van der Waals surface area (Å²) in [7, 11) is -3.76. The molecular weight excluding hydrogens is 450 g/mol. The number of sulfone groups is 1. The number of halogens is 1. The molecule has 8 nitrogen and oxygen atoms in total. The van der Waals surface area contributed by atoms with Crippen molar-refractivity contribution in [3.05, 3.63) is 59.4 Å². The summed E-state index contributed by atoms with van der Waals surface area (Å²) < 4.78 is 31.2. The number of rotatable bonds is 5. The van der Waals surface area contributed by atoms with Gasteiger partial charge >= 0.3 is 0 Å². The van der Waals surface area contributed by atoms with E-state index < -0.39 is 14.6 Å². The molecule has 2 N–H and O–H groups in total. The van der Waals surface area contributed by atoms with Crippen LogP contribution in [0, 0.1) is 0 Å². The normalized spacial score (nSPS) is 15.0. The van der Waals surface area contributed by atoms with E-state index in [1.54, 1.807) is 56.3 Å². The molecule has 0 atom stereocenters. The van der Waals surface area contributed by atoms with Gasteiger partial charge in [0.2, 0.25) is 5.95 Å². The second-order valence-electron chi connectivity index (χ2n) is 7.95. The van der Waals surface area contributed by atoms with E-state index in [1.165, 1.54) is 6.20 Å². The van der Waals surface area contributed by atoms with Crippen molar-refractivity contribution in [3.8, 4) is 11.3 Å². The zero-order valence-electron chi connectivity index (χ0n) is 17.8. The summed E-state index contributed by atoms with van der Waals surface area (Å²) in [5.74, 6) is 0.707. The maximum absolute atomic E-state index is 13.6. The zero-order valence-corrected chi connectivity index (χ0v) is 19.4. The van der Waals surface area contributed by atoms with Crippen molar-refractivity contribution < 1.29 is 13.2 Å². The quantitative estimate of drug-likeness (QED) is 0.600. The molecule has 0 spiro atoms. The van der Waals surface area contributed by atoms with Crippen molar-refractivity contribution in [2.75, 3.05) is 36.9 Å². The first kappa shape index (κ1) is 22.4. The van der Waals surface area contributed by atoms with Crippen LogP contribution in [0.15, 0.2) is 53.6 Å². The third kappa shape index (κ3) is 4.15. The molecule has 10 heteroatoms. The standard InChI is InChI=1S/C22H24ClN5O3S/c1-22(2,32(29,30)15-6-4-3-5-7-15)19-13-18(16-14-25-20(24)12-17(16)23)26-21(27-19)28-8-10-31-11-9-28/h3-7,12-14H,8-11H2,1-2H3,(H2,24,25). The highest BCUT2D eigenvalue weighted by Gasteiger charge is 2.40. The predicted molar refractivity (Wildman–Crippen MR) is 124 cm³/mol. The smallest absolute Gasteiger partial charge is 0.226 e. The van der Waals surface area contributed by atoms with Gasteiger partial charge in [0.15, 0.2) is 9.84 Å². The van der Waals surface area contributed by atoms with Crippen molar-refractivity contribution in [3.63, 3.8) is 0 Å². The largest absolute Gasteiger partial charge is 0.384 e. The summed E-state index contributed by atoms with van der Waals surface area (Å²) in [4.78, 5) is 15.7. The number of morpholine rings is 1. The lowest BCUT2D eigenvalue weighted by Gasteiger charge is -2.30. The van der Waals surface area contributed by atoms with Gasteiger partial charge in [0.25, 0.3) is 0 Å². The molecule has 1 aromatic carbocycles. The number of hydrogen-bond acceptors (Lipinski definition) is 8. The Morgan fingerprint density at radius 3 is 2.44 bits per heavy atom. The first-order valence-electron chi connectivity index (χ1n) is 10.1. The monoisotopic (exact) mass is 473 g/mol. The molecule has 0 amide bonds. The fraction of sp³-hybridized carbons (Fsp3) is 0.318. The Hall–Kier alpha value is -2.75. The van der Waals surface area contributed by atoms with Crippen LogP contribution in [0.1, 0.15) is 19.5 Å². The van der Waals surface area contributed by atoms with Gasteiger partial charge in [0.1, 0.15) is 10.6 Å². The molecule has 2 aromatic heterocycles. The third-order valence-electron chi connectivity index (χ3n) is 5.50. The SMILES string of the molecule is CC(C)(c1cc(-c2cnc(N)cc2Cl)nc(N2CCOCC2)n1)S(=O)(=O)c1ccccc1. The van der Waals surface area contributed by atoms with E-state index >= 15 is 0 Å². The Kier molecular flexibility index (Phi) is 6.07. The molecule has 0 radical (unpaired) electrons. The molecule has 1 aliphatic heterocycles. The maximum atomic E-state index is 13.6. The van der Waals surface area contributed by atoms with Crippen LogP contribution in [-0.2, 0) is 19.3 Å². The first-order valence-corrected chi connectivity index (χ1v) is 12.0. The van der Waals surface area contributed by atoms with Gasteiger partial charge in [-0.25, -0.2) is 23.4 Å². The number of anilines is 2. The molecule has 4 rings (SSSR count). The van der Waals surface area contributed by atoms with Gasteiger partial charge in [-0.15, -0.1) is 0 Å². The van der Waals surface area contributed by atoms with Gasteiger partial charge in [-0.05, 0) is 38.1 Å². The molecule has 0 saturated carbocycles. The van der Waals surface area contributed by atoms with E-state index in [9.17, 15) is 8.42 Å². The average Bonchev–Trinajstić information content (AvgIpc) is 2.80. The van der Waals surface area contributed by atoms with Gasteiger partial charge in [-0.2, -0.15) is 0 Å². The molecule has 3 heterocycles. The van der Waals surface area contributed by atoms with Gasteiger partial charge in [-0.3, -0.25) is 0 Å². The molecule has 32 heavy (non-hydrogen) atoms. The average molecular weight is 474 g/mol. The minimum Gasteiger partial charge on any atom is -0.384 e. The number of aromatic nitrogens is 3. The van der Waals surface area contributed by atoms with Crippen LogP contribution in [0.25, 0.3) is 11.3 Å². The molecule has 0 aliphatic carbocycles. The van der Waals surface area contributed by atoms with Crippen LogP contribution in [-0.4, -0.2) is 49.7 Å². The van der Waals surface area contributed by atoms with E-state index in [2.05, 4.69) is 15.0 Å². The van der Waals surface area contributed by atoms with Gasteiger partial charge in [-0.1, -0.05) is 29.8 Å². The summed E-state index contributed by atoms with van der Waals surface area (Å²) in [5, 5.41) is 0.374. The number of ether oxygens (including phenoxy) is 1. The second-order valence-corrected chi connectivity index (χ2v) is 10.9. The van der Waals surface area contributed by atoms with E-state index in [0.717, 1.165) is 0 Å². The molecule has 1 aliphatic rings. The Morgan fingerprint density at radius 2 is 1.78 bits per heavy atom. The van der Waals surface area contributed by atoms with Crippen LogP contribution < -0.4 is 10.6 Å². The van der Waals surface area contributed by atoms with E-state index in [4.69, 9.17) is 22.1 Å². The summed E-state index contributed by atoms with van der Waals surface area (Å²) >= 11 is 6.42. The molecule has 0 unspecified atom stereocenters. The van der Waals surface area contributed by atoms with Crippen LogP contribution in [0.4, 0.5) is 11.8 Å². The fourth-order valence-corrected chi connectivity index (χ4v) is 5.19. The number of hydrogen-bond donors (Lipinski definition) is 1. The van der Waals surface area contributed by atoms with Crippen LogP contribution in [0.3, 0.4) is 0 Å². The highest BCUT2D eigenvalue weighted by atomic mass is 35.5. The summed E-state index contributed by atoms with van der Waals surface area (Å²) in [6.07, 6.45) is 1.53. The van der Waals surface area contributed by atoms with Crippen molar-refractivity contribution in [1.29, 1.82) is 0 Å². The van der Waals surface area contributed by atoms with Crippen LogP contribution in [0.5, 0.6) is 0 Å². The fourth-order valence-electron chi connectivity index (χ4n) is 3.45. The summed E-state index contributed by atoms with van der Waals surface area (Å²) in [6.45, 7) is 5.57. The topological polar surface area (TPSA) is 111 Å². The van der Waals surface area contributed by atoms with Crippen molar-refractivity contribution in [1.82, 2.24) is 15.0 Å². The van der Waals surface area contributed by atoms with E-state index in [-0.39, 0.29) is 10.7 Å². The Morgan fingerprint density at radius 1 is 1.09 bits per heavy atom. The van der Waals surface area contributed by atoms with Gasteiger partial charge in [0.05, 0.1) is 34.5 Å². The summed E-state index contributed by atoms with van der Waals surface area (Å²) in [6, 6.07) is 11.6. The highest BCUT2D eigenvalue weighted by molar-refractivity contribution is 7.92. The van der Waals surface area contributed by atoms with Crippen molar-refractivity contribution >= 4 is 33.2 Å². The number of pyridine rings is 1. The Bertz CT molecular complexity index is 1230. The number of nitrogens with two attached hydrogens (primary N) is 1. The second kappa shape index (κ2) is 8.65. The van der Waals surface area contributed by atoms with Crippen molar-refractivity contribution in [2.45, 2.75) is 23.5 Å². The van der Waals surface area contributed by atoms with Crippen molar-refractivity contribution in [2.24, 2.45) is 0 Å². The lowest BCUT2D eigenvalue weighted by atomic mass is 10.1. The molecule has 1 saturated heterocycles. The molecule has 1 fully saturated rings. The molecule has 168 valence electrons. The van der Waals surface area contributed by atoms with Gasteiger partial charge in [0, 0.05) is 24.8 Å². The molecule has 3 aromatic rings. The zero-order chi connectivity index (χ0) is 22.9.